The van der Waals surface area contributed by atoms with E-state index in [0.29, 0.717) is 11.6 Å². The van der Waals surface area contributed by atoms with Crippen LogP contribution in [0.1, 0.15) is 11.4 Å². The summed E-state index contributed by atoms with van der Waals surface area (Å²) in [6.07, 6.45) is 0.826. The van der Waals surface area contributed by atoms with Gasteiger partial charge in [-0.25, -0.2) is 4.98 Å². The van der Waals surface area contributed by atoms with Gasteiger partial charge in [0, 0.05) is 12.2 Å². The predicted molar refractivity (Wildman–Crippen MR) is 69.6 cm³/mol. The van der Waals surface area contributed by atoms with Gasteiger partial charge in [-0.2, -0.15) is 5.26 Å². The topological polar surface area (TPSA) is 99.0 Å². The number of thiazole rings is 1. The van der Waals surface area contributed by atoms with Gasteiger partial charge in [-0.1, -0.05) is 0 Å². The molecule has 2 aromatic rings. The van der Waals surface area contributed by atoms with Gasteiger partial charge >= 0.3 is 0 Å². The maximum atomic E-state index is 8.78. The molecule has 7 heteroatoms. The molecule has 0 radical (unpaired) electrons. The van der Waals surface area contributed by atoms with Crippen LogP contribution in [0.4, 0.5) is 5.69 Å². The van der Waals surface area contributed by atoms with E-state index in [4.69, 9.17) is 10.8 Å². The molecule has 0 fully saturated rings. The van der Waals surface area contributed by atoms with Crippen molar-refractivity contribution in [2.24, 2.45) is 5.11 Å². The maximum absolute atomic E-state index is 8.78. The zero-order valence-corrected chi connectivity index (χ0v) is 10.4. The van der Waals surface area contributed by atoms with E-state index in [9.17, 15) is 0 Å². The van der Waals surface area contributed by atoms with Crippen LogP contribution in [0, 0.1) is 16.9 Å². The number of aromatic nitrogens is 1. The van der Waals surface area contributed by atoms with E-state index in [0.717, 1.165) is 28.9 Å². The summed E-state index contributed by atoms with van der Waals surface area (Å²) in [6, 6.07) is 7.88. The van der Waals surface area contributed by atoms with Crippen molar-refractivity contribution < 1.29 is 0 Å². The fraction of sp³-hybridized carbons (Fsp3) is 0.273. The standard InChI is InChI=1S/C11H11N6S/c12-7-11-16-9-3-2-8(6-10(9)18-11)14-4-1-5-15-17-13/h2-3,6,13-14H,1,4-5H2/q+1. The first kappa shape index (κ1) is 12.2. The van der Waals surface area contributed by atoms with Crippen LogP contribution in [-0.2, 0) is 0 Å². The van der Waals surface area contributed by atoms with Crippen LogP contribution >= 0.6 is 11.3 Å². The van der Waals surface area contributed by atoms with Crippen molar-refractivity contribution in [3.63, 3.8) is 0 Å². The lowest BCUT2D eigenvalue weighted by Gasteiger charge is -2.03. The summed E-state index contributed by atoms with van der Waals surface area (Å²) in [7, 11) is 0. The van der Waals surface area contributed by atoms with Crippen molar-refractivity contribution in [3.8, 4) is 6.07 Å². The first-order chi connectivity index (χ1) is 8.83. The van der Waals surface area contributed by atoms with E-state index in [2.05, 4.69) is 20.3 Å². The Morgan fingerprint density at radius 3 is 3.22 bits per heavy atom. The molecule has 0 saturated carbocycles. The van der Waals surface area contributed by atoms with Gasteiger partial charge in [0.25, 0.3) is 0 Å². The van der Waals surface area contributed by atoms with Crippen LogP contribution in [-0.4, -0.2) is 18.1 Å². The lowest BCUT2D eigenvalue weighted by Crippen LogP contribution is -2.02. The molecule has 18 heavy (non-hydrogen) atoms. The summed E-state index contributed by atoms with van der Waals surface area (Å²) in [4.78, 5) is 7.12. The Morgan fingerprint density at radius 1 is 1.56 bits per heavy atom. The largest absolute Gasteiger partial charge is 0.385 e. The molecule has 0 atom stereocenters. The first-order valence-corrected chi connectivity index (χ1v) is 6.23. The molecular weight excluding hydrogens is 248 g/mol. The van der Waals surface area contributed by atoms with E-state index < -0.39 is 0 Å². The zero-order chi connectivity index (χ0) is 12.8. The number of nitriles is 1. The summed E-state index contributed by atoms with van der Waals surface area (Å²) in [5.41, 5.74) is 8.37. The molecule has 0 unspecified atom stereocenters. The monoisotopic (exact) mass is 259 g/mol. The van der Waals surface area contributed by atoms with Gasteiger partial charge in [-0.3, -0.25) is 0 Å². The number of fused-ring (bicyclic) bond motifs is 1. The van der Waals surface area contributed by atoms with Crippen molar-refractivity contribution in [2.45, 2.75) is 6.42 Å². The van der Waals surface area contributed by atoms with Gasteiger partial charge < -0.3 is 5.32 Å². The van der Waals surface area contributed by atoms with Crippen LogP contribution in [0.15, 0.2) is 23.3 Å². The van der Waals surface area contributed by atoms with Gasteiger partial charge in [0.1, 0.15) is 23.3 Å². The number of hydrogen-bond acceptors (Lipinski definition) is 6. The van der Waals surface area contributed by atoms with E-state index in [-0.39, 0.29) is 0 Å². The van der Waals surface area contributed by atoms with Crippen LogP contribution in [0.2, 0.25) is 0 Å². The Labute approximate surface area is 108 Å². The van der Waals surface area contributed by atoms with Crippen molar-refractivity contribution in [1.82, 2.24) is 9.90 Å². The Balaban J connectivity index is 2.01. The second kappa shape index (κ2) is 5.87. The highest BCUT2D eigenvalue weighted by Crippen LogP contribution is 2.24. The Kier molecular flexibility index (Phi) is 3.97. The second-order valence-corrected chi connectivity index (χ2v) is 4.59. The van der Waals surface area contributed by atoms with Gasteiger partial charge in [0.15, 0.2) is 5.01 Å². The molecule has 1 heterocycles. The number of nitrogens with zero attached hydrogens (tertiary/aromatic N) is 4. The van der Waals surface area contributed by atoms with E-state index in [1.807, 2.05) is 24.3 Å². The summed E-state index contributed by atoms with van der Waals surface area (Å²) < 4.78 is 1.00. The average Bonchev–Trinajstić information content (AvgIpc) is 2.80. The molecule has 0 aliphatic carbocycles. The van der Waals surface area contributed by atoms with Crippen LogP contribution < -0.4 is 10.2 Å². The fourth-order valence-corrected chi connectivity index (χ4v) is 2.32. The Morgan fingerprint density at radius 2 is 2.44 bits per heavy atom. The molecule has 0 aliphatic heterocycles. The highest BCUT2D eigenvalue weighted by atomic mass is 32.1. The molecule has 0 amide bonds. The molecule has 0 aliphatic rings. The van der Waals surface area contributed by atoms with Gasteiger partial charge in [0.2, 0.25) is 4.91 Å². The minimum Gasteiger partial charge on any atom is -0.385 e. The quantitative estimate of drug-likeness (QED) is 0.490. The Bertz CT molecular complexity index is 635. The minimum atomic E-state index is 0.484. The number of hydrogen-bond donors (Lipinski definition) is 2. The normalized spacial score (nSPS) is 9.72. The number of anilines is 1. The van der Waals surface area contributed by atoms with Gasteiger partial charge in [-0.05, 0) is 24.6 Å². The molecule has 90 valence electrons. The molecule has 1 aromatic carbocycles. The van der Waals surface area contributed by atoms with Crippen molar-refractivity contribution in [2.75, 3.05) is 18.4 Å². The Hall–Kier alpha value is -2.29. The van der Waals surface area contributed by atoms with Crippen LogP contribution in [0.5, 0.6) is 0 Å². The lowest BCUT2D eigenvalue weighted by molar-refractivity contribution is 0.792. The minimum absolute atomic E-state index is 0.484. The molecule has 0 bridgehead atoms. The lowest BCUT2D eigenvalue weighted by atomic mass is 10.3. The number of benzene rings is 1. The molecule has 0 saturated heterocycles. The molecule has 1 aromatic heterocycles. The smallest absolute Gasteiger partial charge is 0.214 e. The SMILES string of the molecule is N#Cc1nc2ccc(NCCCN=[N+]=N)cc2s1. The third-order valence-electron chi connectivity index (χ3n) is 2.32. The van der Waals surface area contributed by atoms with E-state index >= 15 is 0 Å². The average molecular weight is 259 g/mol. The molecule has 0 spiro atoms. The summed E-state index contributed by atoms with van der Waals surface area (Å²) >= 11 is 1.39. The maximum Gasteiger partial charge on any atom is 0.214 e. The van der Waals surface area contributed by atoms with Gasteiger partial charge in [0.05, 0.1) is 10.2 Å². The van der Waals surface area contributed by atoms with Crippen LogP contribution in [0.3, 0.4) is 0 Å². The third-order valence-corrected chi connectivity index (χ3v) is 3.24. The summed E-state index contributed by atoms with van der Waals surface area (Å²) in [5.74, 6) is 0. The highest BCUT2D eigenvalue weighted by molar-refractivity contribution is 7.19. The van der Waals surface area contributed by atoms with E-state index in [1.54, 1.807) is 0 Å². The molecule has 2 N–H and O–H groups in total. The fourth-order valence-electron chi connectivity index (χ4n) is 1.51. The van der Waals surface area contributed by atoms with Crippen molar-refractivity contribution in [1.29, 1.82) is 10.8 Å². The molecule has 6 nitrogen and oxygen atoms in total. The third kappa shape index (κ3) is 2.88. The zero-order valence-electron chi connectivity index (χ0n) is 9.55. The molecular formula is C11H11N6S+. The van der Waals surface area contributed by atoms with Gasteiger partial charge in [-0.15, -0.1) is 11.3 Å². The highest BCUT2D eigenvalue weighted by Gasteiger charge is 2.03. The number of nitrogens with one attached hydrogen (secondary N) is 2. The second-order valence-electron chi connectivity index (χ2n) is 3.56. The van der Waals surface area contributed by atoms with E-state index in [1.165, 1.54) is 11.3 Å². The predicted octanol–water partition coefficient (Wildman–Crippen LogP) is 2.52. The van der Waals surface area contributed by atoms with Crippen LogP contribution in [0.25, 0.3) is 10.2 Å². The first-order valence-electron chi connectivity index (χ1n) is 5.41. The number of rotatable bonds is 5. The molecule has 2 rings (SSSR count). The van der Waals surface area contributed by atoms with Crippen molar-refractivity contribution in [3.05, 3.63) is 23.2 Å². The summed E-state index contributed by atoms with van der Waals surface area (Å²) in [6.45, 7) is 1.33. The summed E-state index contributed by atoms with van der Waals surface area (Å²) in [5, 5.41) is 16.1. The van der Waals surface area contributed by atoms with Crippen molar-refractivity contribution >= 4 is 27.2 Å².